The molecule has 5 aromatic carbocycles. The van der Waals surface area contributed by atoms with Crippen LogP contribution >= 0.6 is 0 Å². The highest BCUT2D eigenvalue weighted by molar-refractivity contribution is 7.85. The molecule has 7 rings (SSSR count). The van der Waals surface area contributed by atoms with Crippen LogP contribution in [0.2, 0.25) is 0 Å². The molecule has 0 fully saturated rings. The largest absolute Gasteiger partial charge is 0.455 e. The number of carbonyl (C=O) groups excluding carboxylic acids is 2. The number of ketones is 2. The van der Waals surface area contributed by atoms with Crippen molar-refractivity contribution in [3.8, 4) is 22.6 Å². The number of benzene rings is 5. The third-order valence-electron chi connectivity index (χ3n) is 9.45. The Balaban J connectivity index is 1.47. The van der Waals surface area contributed by atoms with Crippen LogP contribution in [0.1, 0.15) is 78.4 Å². The maximum Gasteiger partial charge on any atom is 0.294 e. The van der Waals surface area contributed by atoms with Crippen molar-refractivity contribution in [1.82, 2.24) is 4.98 Å². The van der Waals surface area contributed by atoms with E-state index in [1.807, 2.05) is 24.3 Å². The summed E-state index contributed by atoms with van der Waals surface area (Å²) in [5.41, 5.74) is 2.86. The number of fused-ring (bicyclic) bond motifs is 2. The van der Waals surface area contributed by atoms with E-state index in [1.54, 1.807) is 60.7 Å². The van der Waals surface area contributed by atoms with E-state index in [-0.39, 0.29) is 43.9 Å². The van der Waals surface area contributed by atoms with E-state index in [2.05, 4.69) is 44.9 Å². The molecule has 0 saturated carbocycles. The van der Waals surface area contributed by atoms with Crippen LogP contribution in [0.15, 0.2) is 119 Å². The average Bonchev–Trinajstić information content (AvgIpc) is 3.10. The zero-order chi connectivity index (χ0) is 37.9. The summed E-state index contributed by atoms with van der Waals surface area (Å²) in [4.78, 5) is 45.3. The van der Waals surface area contributed by atoms with Gasteiger partial charge in [-0.3, -0.25) is 18.9 Å². The number of aromatic amines is 1. The van der Waals surface area contributed by atoms with Gasteiger partial charge in [-0.25, -0.2) is 0 Å². The quantitative estimate of drug-likeness (QED) is 0.0987. The topological polar surface area (TPSA) is 143 Å². The Morgan fingerprint density at radius 3 is 2.04 bits per heavy atom. The molecule has 1 heterocycles. The molecular weight excluding hydrogens is 689 g/mol. The molecule has 0 spiro atoms. The molecule has 0 saturated heterocycles. The van der Waals surface area contributed by atoms with Crippen molar-refractivity contribution in [2.45, 2.75) is 51.3 Å². The summed E-state index contributed by atoms with van der Waals surface area (Å²) >= 11 is 0. The van der Waals surface area contributed by atoms with Gasteiger partial charge in [0.1, 0.15) is 5.75 Å². The zero-order valence-electron chi connectivity index (χ0n) is 29.9. The summed E-state index contributed by atoms with van der Waals surface area (Å²) in [5.74, 6) is -0.161. The van der Waals surface area contributed by atoms with E-state index in [0.717, 1.165) is 12.0 Å². The van der Waals surface area contributed by atoms with Gasteiger partial charge in [-0.15, -0.1) is 0 Å². The first-order valence-corrected chi connectivity index (χ1v) is 18.6. The molecule has 10 heteroatoms. The molecule has 9 nitrogen and oxygen atoms in total. The second-order valence-corrected chi connectivity index (χ2v) is 16.6. The Morgan fingerprint density at radius 1 is 0.792 bits per heavy atom. The Morgan fingerprint density at radius 2 is 1.42 bits per heavy atom. The number of aromatic nitrogens is 1. The molecule has 1 aliphatic carbocycles. The van der Waals surface area contributed by atoms with Gasteiger partial charge in [-0.1, -0.05) is 101 Å². The van der Waals surface area contributed by atoms with Crippen molar-refractivity contribution in [2.24, 2.45) is 5.41 Å². The summed E-state index contributed by atoms with van der Waals surface area (Å²) in [6, 6.07) is 30.1. The predicted octanol–water partition coefficient (Wildman–Crippen LogP) is 9.47. The molecule has 0 unspecified atom stereocenters. The molecule has 268 valence electrons. The lowest BCUT2D eigenvalue weighted by Gasteiger charge is -2.33. The lowest BCUT2D eigenvalue weighted by molar-refractivity contribution is 0.102. The fourth-order valence-electron chi connectivity index (χ4n) is 7.51. The highest BCUT2D eigenvalue weighted by atomic mass is 32.2. The van der Waals surface area contributed by atoms with Crippen LogP contribution in [0.25, 0.3) is 22.0 Å². The minimum absolute atomic E-state index is 0.111. The monoisotopic (exact) mass is 726 g/mol. The van der Waals surface area contributed by atoms with Crippen LogP contribution in [0.3, 0.4) is 0 Å². The lowest BCUT2D eigenvalue weighted by atomic mass is 9.72. The molecule has 53 heavy (non-hydrogen) atoms. The molecule has 0 amide bonds. The average molecular weight is 727 g/mol. The third kappa shape index (κ3) is 6.79. The molecular formula is C43H38N2O7S. The Labute approximate surface area is 307 Å². The molecule has 0 radical (unpaired) electrons. The number of hydrogen-bond donors (Lipinski definition) is 3. The van der Waals surface area contributed by atoms with Crippen molar-refractivity contribution in [3.05, 3.63) is 147 Å². The minimum Gasteiger partial charge on any atom is -0.455 e. The molecule has 0 bridgehead atoms. The smallest absolute Gasteiger partial charge is 0.294 e. The van der Waals surface area contributed by atoms with Crippen LogP contribution in [-0.4, -0.2) is 29.5 Å². The van der Waals surface area contributed by atoms with Crippen molar-refractivity contribution in [1.29, 1.82) is 0 Å². The highest BCUT2D eigenvalue weighted by Gasteiger charge is 2.35. The van der Waals surface area contributed by atoms with E-state index in [1.165, 1.54) is 24.3 Å². The van der Waals surface area contributed by atoms with Gasteiger partial charge in [0.05, 0.1) is 27.2 Å². The van der Waals surface area contributed by atoms with Crippen LogP contribution < -0.4 is 15.6 Å². The number of rotatable bonds is 9. The van der Waals surface area contributed by atoms with Gasteiger partial charge in [0.15, 0.2) is 17.3 Å². The van der Waals surface area contributed by atoms with E-state index in [4.69, 9.17) is 4.74 Å². The first kappa shape index (κ1) is 35.6. The molecule has 1 aliphatic rings. The van der Waals surface area contributed by atoms with Crippen molar-refractivity contribution in [2.75, 3.05) is 5.32 Å². The van der Waals surface area contributed by atoms with Crippen LogP contribution in [0.5, 0.6) is 11.5 Å². The van der Waals surface area contributed by atoms with Gasteiger partial charge in [-0.2, -0.15) is 8.42 Å². The predicted molar refractivity (Wildman–Crippen MR) is 206 cm³/mol. The van der Waals surface area contributed by atoms with Crippen molar-refractivity contribution in [3.63, 3.8) is 0 Å². The van der Waals surface area contributed by atoms with Crippen LogP contribution in [0.4, 0.5) is 11.4 Å². The summed E-state index contributed by atoms with van der Waals surface area (Å²) < 4.78 is 39.5. The Bertz CT molecular complexity index is 2600. The fourth-order valence-corrected chi connectivity index (χ4v) is 7.99. The summed E-state index contributed by atoms with van der Waals surface area (Å²) in [7, 11) is -4.44. The number of hydrogen-bond acceptors (Lipinski definition) is 7. The molecule has 1 aromatic heterocycles. The van der Waals surface area contributed by atoms with E-state index in [9.17, 15) is 27.4 Å². The lowest BCUT2D eigenvalue weighted by Crippen LogP contribution is -2.24. The SMILES string of the molecule is CC(C)(C)CC(C)(C)c1ccc(Oc2cc(Nc3ccc(S(=O)(=O)O)cc3)c3c4c(c(C(=O)c5ccccc5)c(=O)[nH]c24)-c2ccccc2C3=O)cc1. The number of H-pyrrole nitrogens is 1. The molecule has 0 aliphatic heterocycles. The number of pyridine rings is 1. The van der Waals surface area contributed by atoms with Crippen LogP contribution in [-0.2, 0) is 15.5 Å². The maximum atomic E-state index is 14.5. The van der Waals surface area contributed by atoms with Gasteiger partial charge < -0.3 is 15.0 Å². The van der Waals surface area contributed by atoms with E-state index >= 15 is 0 Å². The summed E-state index contributed by atoms with van der Waals surface area (Å²) in [5, 5.41) is 3.56. The van der Waals surface area contributed by atoms with Crippen LogP contribution in [0, 0.1) is 5.41 Å². The second kappa shape index (κ2) is 13.0. The van der Waals surface area contributed by atoms with Gasteiger partial charge >= 0.3 is 0 Å². The summed E-state index contributed by atoms with van der Waals surface area (Å²) in [6.45, 7) is 11.0. The molecule has 0 atom stereocenters. The standard InChI is InChI=1S/C43H38N2O7S/c1-42(2,3)24-43(4,5)26-15-19-28(20-16-26)52-33-23-32(44-27-17-21-29(22-18-27)53(49,50)51)35-36-34(30-13-9-10-14-31(30)40(35)47)37(41(48)45-38(33)36)39(46)25-11-7-6-8-12-25/h6-23,44H,24H2,1-5H3,(H,45,48)(H,49,50,51). The zero-order valence-corrected chi connectivity index (χ0v) is 30.7. The normalized spacial score (nSPS) is 12.8. The number of nitrogens with one attached hydrogen (secondary N) is 2. The van der Waals surface area contributed by atoms with E-state index in [0.29, 0.717) is 44.8 Å². The van der Waals surface area contributed by atoms with Gasteiger partial charge in [-0.05, 0) is 64.8 Å². The van der Waals surface area contributed by atoms with Crippen molar-refractivity contribution < 1.29 is 27.3 Å². The number of anilines is 2. The summed E-state index contributed by atoms with van der Waals surface area (Å²) in [6.07, 6.45) is 0.954. The molecule has 6 aromatic rings. The fraction of sp³-hybridized carbons (Fsp3) is 0.186. The van der Waals surface area contributed by atoms with Crippen molar-refractivity contribution >= 4 is 44.0 Å². The van der Waals surface area contributed by atoms with Gasteiger partial charge in [0.2, 0.25) is 0 Å². The minimum atomic E-state index is -4.44. The van der Waals surface area contributed by atoms with Gasteiger partial charge in [0.25, 0.3) is 15.7 Å². The van der Waals surface area contributed by atoms with E-state index < -0.39 is 21.5 Å². The number of ether oxygens (including phenoxy) is 1. The third-order valence-corrected chi connectivity index (χ3v) is 10.3. The molecule has 3 N–H and O–H groups in total. The Kier molecular flexibility index (Phi) is 8.71. The first-order valence-electron chi connectivity index (χ1n) is 17.2. The first-order chi connectivity index (χ1) is 25.0. The Hall–Kier alpha value is -5.84. The number of carbonyl (C=O) groups is 2. The second-order valence-electron chi connectivity index (χ2n) is 15.2. The van der Waals surface area contributed by atoms with Gasteiger partial charge in [0, 0.05) is 33.8 Å². The highest BCUT2D eigenvalue weighted by Crippen LogP contribution is 2.47. The maximum absolute atomic E-state index is 14.5.